The molecule has 6 heteroatoms. The number of aromatic nitrogens is 1. The van der Waals surface area contributed by atoms with Crippen LogP contribution < -0.4 is 0 Å². The van der Waals surface area contributed by atoms with Gasteiger partial charge in [-0.2, -0.15) is 0 Å². The molecule has 26 heavy (non-hydrogen) atoms. The highest BCUT2D eigenvalue weighted by Gasteiger charge is 2.33. The Morgan fingerprint density at radius 1 is 1.00 bits per heavy atom. The number of benzene rings is 2. The highest BCUT2D eigenvalue weighted by atomic mass is 16.5. The number of esters is 1. The van der Waals surface area contributed by atoms with Gasteiger partial charge in [-0.15, -0.1) is 0 Å². The maximum Gasteiger partial charge on any atom is 0.339 e. The minimum absolute atomic E-state index is 0.0617. The monoisotopic (exact) mass is 347 g/mol. The van der Waals surface area contributed by atoms with E-state index < -0.39 is 5.97 Å². The van der Waals surface area contributed by atoms with Gasteiger partial charge < -0.3 is 9.26 Å². The summed E-state index contributed by atoms with van der Waals surface area (Å²) in [6.45, 7) is 1.65. The van der Waals surface area contributed by atoms with Crippen molar-refractivity contribution in [2.45, 2.75) is 13.5 Å². The maximum atomic E-state index is 12.9. The first kappa shape index (κ1) is 16.0. The lowest BCUT2D eigenvalue weighted by Crippen LogP contribution is -2.24. The molecule has 128 valence electrons. The number of hydrogen-bond donors (Lipinski definition) is 0. The quantitative estimate of drug-likeness (QED) is 0.529. The average molecular weight is 347 g/mol. The Bertz CT molecular complexity index is 1060. The lowest BCUT2D eigenvalue weighted by atomic mass is 9.82. The SMILES string of the molecule is Cc1cc(COC(=O)c2cccc3c2C(=O)c2ccccc2C3=O)on1. The zero-order valence-electron chi connectivity index (χ0n) is 13.8. The molecule has 0 saturated heterocycles. The van der Waals surface area contributed by atoms with Crippen molar-refractivity contribution in [3.05, 3.63) is 87.8 Å². The van der Waals surface area contributed by atoms with Crippen LogP contribution in [0.4, 0.5) is 0 Å². The molecule has 1 aliphatic carbocycles. The van der Waals surface area contributed by atoms with Crippen molar-refractivity contribution < 1.29 is 23.6 Å². The second-order valence-corrected chi connectivity index (χ2v) is 5.94. The Hall–Kier alpha value is -3.54. The van der Waals surface area contributed by atoms with Gasteiger partial charge >= 0.3 is 5.97 Å². The van der Waals surface area contributed by atoms with Crippen LogP contribution in [0.5, 0.6) is 0 Å². The van der Waals surface area contributed by atoms with E-state index in [0.717, 1.165) is 0 Å². The molecule has 0 unspecified atom stereocenters. The van der Waals surface area contributed by atoms with Crippen molar-refractivity contribution in [1.29, 1.82) is 0 Å². The fourth-order valence-electron chi connectivity index (χ4n) is 3.01. The molecule has 0 aliphatic heterocycles. The minimum atomic E-state index is -0.698. The standard InChI is InChI=1S/C20H13NO5/c1-11-9-12(26-21-11)10-25-20(24)16-8-4-7-15-17(16)19(23)14-6-3-2-5-13(14)18(15)22/h2-9H,10H2,1H3. The van der Waals surface area contributed by atoms with Crippen LogP contribution in [-0.2, 0) is 11.3 Å². The molecule has 2 aromatic carbocycles. The third kappa shape index (κ3) is 2.52. The van der Waals surface area contributed by atoms with Crippen LogP contribution in [0.15, 0.2) is 53.1 Å². The summed E-state index contributed by atoms with van der Waals surface area (Å²) < 4.78 is 10.2. The van der Waals surface area contributed by atoms with Crippen LogP contribution in [0.2, 0.25) is 0 Å². The summed E-state index contributed by atoms with van der Waals surface area (Å²) in [5, 5.41) is 3.72. The van der Waals surface area contributed by atoms with E-state index in [2.05, 4.69) is 5.16 Å². The van der Waals surface area contributed by atoms with Gasteiger partial charge in [-0.25, -0.2) is 4.79 Å². The summed E-state index contributed by atoms with van der Waals surface area (Å²) in [6, 6.07) is 12.8. The number of ketones is 2. The van der Waals surface area contributed by atoms with Crippen LogP contribution in [0.25, 0.3) is 0 Å². The molecule has 0 spiro atoms. The van der Waals surface area contributed by atoms with Crippen LogP contribution in [0.1, 0.15) is 53.7 Å². The van der Waals surface area contributed by atoms with Crippen molar-refractivity contribution in [1.82, 2.24) is 5.16 Å². The molecule has 1 heterocycles. The molecular formula is C20H13NO5. The lowest BCUT2D eigenvalue weighted by molar-refractivity contribution is 0.0435. The smallest absolute Gasteiger partial charge is 0.339 e. The van der Waals surface area contributed by atoms with Gasteiger partial charge in [0.25, 0.3) is 0 Å². The first-order chi connectivity index (χ1) is 12.6. The second kappa shape index (κ2) is 6.07. The molecule has 0 N–H and O–H groups in total. The van der Waals surface area contributed by atoms with Crippen molar-refractivity contribution >= 4 is 17.5 Å². The summed E-state index contributed by atoms with van der Waals surface area (Å²) in [6.07, 6.45) is 0. The van der Waals surface area contributed by atoms with Crippen molar-refractivity contribution in [2.24, 2.45) is 0 Å². The van der Waals surface area contributed by atoms with Gasteiger partial charge in [0.1, 0.15) is 0 Å². The highest BCUT2D eigenvalue weighted by molar-refractivity contribution is 6.30. The summed E-state index contributed by atoms with van der Waals surface area (Å²) >= 11 is 0. The molecule has 0 amide bonds. The van der Waals surface area contributed by atoms with Gasteiger partial charge in [0.2, 0.25) is 0 Å². The van der Waals surface area contributed by atoms with E-state index in [-0.39, 0.29) is 40.4 Å². The molecule has 0 bridgehead atoms. The van der Waals surface area contributed by atoms with E-state index in [4.69, 9.17) is 9.26 Å². The van der Waals surface area contributed by atoms with Crippen molar-refractivity contribution in [3.63, 3.8) is 0 Å². The van der Waals surface area contributed by atoms with Gasteiger partial charge in [0.15, 0.2) is 23.9 Å². The number of fused-ring (bicyclic) bond motifs is 2. The number of carbonyl (C=O) groups excluding carboxylic acids is 3. The van der Waals surface area contributed by atoms with E-state index in [1.165, 1.54) is 6.07 Å². The van der Waals surface area contributed by atoms with Gasteiger partial charge in [0.05, 0.1) is 11.3 Å². The summed E-state index contributed by atoms with van der Waals surface area (Å²) in [7, 11) is 0. The molecule has 0 atom stereocenters. The number of carbonyl (C=O) groups is 3. The molecule has 3 aromatic rings. The number of ether oxygens (including phenoxy) is 1. The first-order valence-electron chi connectivity index (χ1n) is 7.97. The van der Waals surface area contributed by atoms with Gasteiger partial charge in [-0.3, -0.25) is 9.59 Å². The normalized spacial score (nSPS) is 12.5. The van der Waals surface area contributed by atoms with Crippen LogP contribution >= 0.6 is 0 Å². The summed E-state index contributed by atoms with van der Waals surface area (Å²) in [4.78, 5) is 38.1. The minimum Gasteiger partial charge on any atom is -0.454 e. The fourth-order valence-corrected chi connectivity index (χ4v) is 3.01. The van der Waals surface area contributed by atoms with Gasteiger partial charge in [-0.1, -0.05) is 41.6 Å². The predicted molar refractivity (Wildman–Crippen MR) is 90.1 cm³/mol. The third-order valence-electron chi connectivity index (χ3n) is 4.19. The summed E-state index contributed by atoms with van der Waals surface area (Å²) in [5.41, 5.74) is 1.65. The molecule has 0 radical (unpaired) electrons. The van der Waals surface area contributed by atoms with Crippen molar-refractivity contribution in [3.8, 4) is 0 Å². The Labute approximate surface area is 148 Å². The number of hydrogen-bond acceptors (Lipinski definition) is 6. The van der Waals surface area contributed by atoms with E-state index in [9.17, 15) is 14.4 Å². The van der Waals surface area contributed by atoms with E-state index in [0.29, 0.717) is 17.0 Å². The molecule has 4 rings (SSSR count). The Kier molecular flexibility index (Phi) is 3.73. The van der Waals surface area contributed by atoms with Crippen molar-refractivity contribution in [2.75, 3.05) is 0 Å². The van der Waals surface area contributed by atoms with E-state index in [1.807, 2.05) is 0 Å². The third-order valence-corrected chi connectivity index (χ3v) is 4.19. The van der Waals surface area contributed by atoms with Gasteiger partial charge in [0, 0.05) is 28.3 Å². The molecular weight excluding hydrogens is 334 g/mol. The van der Waals surface area contributed by atoms with E-state index >= 15 is 0 Å². The molecule has 6 nitrogen and oxygen atoms in total. The second-order valence-electron chi connectivity index (χ2n) is 5.94. The molecule has 0 saturated carbocycles. The van der Waals surface area contributed by atoms with Gasteiger partial charge in [-0.05, 0) is 13.0 Å². The lowest BCUT2D eigenvalue weighted by Gasteiger charge is -2.19. The zero-order valence-corrected chi connectivity index (χ0v) is 13.8. The topological polar surface area (TPSA) is 86.5 Å². The van der Waals surface area contributed by atoms with Crippen LogP contribution in [0.3, 0.4) is 0 Å². The Morgan fingerprint density at radius 2 is 1.69 bits per heavy atom. The number of aryl methyl sites for hydroxylation is 1. The Balaban J connectivity index is 1.70. The zero-order chi connectivity index (χ0) is 18.3. The Morgan fingerprint density at radius 3 is 2.38 bits per heavy atom. The molecule has 1 aliphatic rings. The average Bonchev–Trinajstić information content (AvgIpc) is 3.09. The molecule has 1 aromatic heterocycles. The maximum absolute atomic E-state index is 12.9. The summed E-state index contributed by atoms with van der Waals surface area (Å²) in [5.74, 6) is -0.946. The predicted octanol–water partition coefficient (Wildman–Crippen LogP) is 3.12. The fraction of sp³-hybridized carbons (Fsp3) is 0.100. The van der Waals surface area contributed by atoms with E-state index in [1.54, 1.807) is 49.4 Å². The van der Waals surface area contributed by atoms with Crippen LogP contribution in [-0.4, -0.2) is 22.7 Å². The highest BCUT2D eigenvalue weighted by Crippen LogP contribution is 2.29. The number of rotatable bonds is 3. The van der Waals surface area contributed by atoms with Crippen LogP contribution in [0, 0.1) is 6.92 Å². The number of nitrogens with zero attached hydrogens (tertiary/aromatic N) is 1. The first-order valence-corrected chi connectivity index (χ1v) is 7.97. The largest absolute Gasteiger partial charge is 0.454 e. The molecule has 0 fully saturated rings.